The van der Waals surface area contributed by atoms with Crippen molar-refractivity contribution in [3.8, 4) is 0 Å². The van der Waals surface area contributed by atoms with Gasteiger partial charge in [-0.2, -0.15) is 22.5 Å². The van der Waals surface area contributed by atoms with E-state index in [4.69, 9.17) is 11.5 Å². The van der Waals surface area contributed by atoms with Gasteiger partial charge < -0.3 is 26.7 Å². The van der Waals surface area contributed by atoms with Crippen LogP contribution in [0.15, 0.2) is 20.8 Å². The Bertz CT molecular complexity index is 1310. The molecule has 2 aromatic rings. The van der Waals surface area contributed by atoms with Gasteiger partial charge in [0.05, 0.1) is 0 Å². The van der Waals surface area contributed by atoms with Crippen LogP contribution in [0.25, 0.3) is 0 Å². The lowest BCUT2D eigenvalue weighted by Crippen LogP contribution is -2.71. The molecule has 0 aromatic carbocycles. The van der Waals surface area contributed by atoms with Crippen LogP contribution < -0.4 is 16.8 Å². The highest BCUT2D eigenvalue weighted by Gasteiger charge is 2.54. The van der Waals surface area contributed by atoms with Crippen molar-refractivity contribution >= 4 is 75.0 Å². The Morgan fingerprint density at radius 1 is 1.34 bits per heavy atom. The Kier molecular flexibility index (Phi) is 8.40. The first-order chi connectivity index (χ1) is 18.0. The van der Waals surface area contributed by atoms with Crippen molar-refractivity contribution in [2.24, 2.45) is 10.9 Å². The van der Waals surface area contributed by atoms with Gasteiger partial charge in [-0.3, -0.25) is 14.5 Å². The van der Waals surface area contributed by atoms with Crippen LogP contribution in [0.5, 0.6) is 0 Å². The van der Waals surface area contributed by atoms with E-state index < -0.39 is 53.5 Å². The van der Waals surface area contributed by atoms with Crippen LogP contribution in [0.1, 0.15) is 10.8 Å². The molecule has 21 heteroatoms. The van der Waals surface area contributed by atoms with Crippen LogP contribution in [0.3, 0.4) is 0 Å². The van der Waals surface area contributed by atoms with Gasteiger partial charge in [0, 0.05) is 29.6 Å². The first-order valence-electron chi connectivity index (χ1n) is 10.2. The number of oxime groups is 1. The number of aliphatic carboxylic acids is 1. The molecule has 2 aliphatic rings. The molecule has 0 spiro atoms. The molecule has 0 aliphatic carbocycles. The zero-order chi connectivity index (χ0) is 27.6. The number of β-lactam (4-membered cyclic amide) rings is 1. The zero-order valence-electron chi connectivity index (χ0n) is 18.7. The number of hydrogen-bond donors (Lipinski definition) is 4. The summed E-state index contributed by atoms with van der Waals surface area (Å²) >= 11 is 4.40. The number of halogens is 3. The van der Waals surface area contributed by atoms with E-state index in [2.05, 4.69) is 34.9 Å². The molecule has 2 amide bonds. The third-order valence-electron chi connectivity index (χ3n) is 4.78. The molecule has 0 radical (unpaired) electrons. The molecule has 0 bridgehead atoms. The first-order valence-corrected chi connectivity index (χ1v) is 13.8. The smallest absolute Gasteiger partial charge is 0.425 e. The van der Waals surface area contributed by atoms with Crippen LogP contribution in [-0.4, -0.2) is 88.8 Å². The lowest BCUT2D eigenvalue weighted by Gasteiger charge is -2.49. The molecule has 2 atom stereocenters. The van der Waals surface area contributed by atoms with E-state index in [-0.39, 0.29) is 28.9 Å². The largest absolute Gasteiger partial charge is 0.477 e. The number of thioether (sulfide) groups is 2. The van der Waals surface area contributed by atoms with Crippen molar-refractivity contribution in [3.05, 3.63) is 22.1 Å². The van der Waals surface area contributed by atoms with Crippen LogP contribution in [0, 0.1) is 0 Å². The van der Waals surface area contributed by atoms with Gasteiger partial charge in [0.1, 0.15) is 22.1 Å². The lowest BCUT2D eigenvalue weighted by atomic mass is 10.0. The van der Waals surface area contributed by atoms with Crippen molar-refractivity contribution in [1.29, 1.82) is 0 Å². The molecule has 6 N–H and O–H groups in total. The third kappa shape index (κ3) is 6.17. The molecule has 1 fully saturated rings. The highest BCUT2D eigenvalue weighted by Crippen LogP contribution is 2.41. The number of nitrogens with one attached hydrogen (secondary N) is 1. The Morgan fingerprint density at radius 3 is 2.71 bits per heavy atom. The number of carboxylic acids is 1. The minimum atomic E-state index is -4.72. The molecule has 38 heavy (non-hydrogen) atoms. The molecule has 2 aromatic heterocycles. The van der Waals surface area contributed by atoms with Crippen LogP contribution in [0.2, 0.25) is 0 Å². The molecule has 1 unspecified atom stereocenters. The monoisotopic (exact) mass is 611 g/mol. The van der Waals surface area contributed by atoms with Gasteiger partial charge in [0.15, 0.2) is 9.47 Å². The Labute approximate surface area is 227 Å². The third-order valence-corrected chi connectivity index (χ3v) is 8.83. The summed E-state index contributed by atoms with van der Waals surface area (Å²) in [6.45, 7) is -1.56. The first kappa shape index (κ1) is 28.0. The number of anilines is 1. The van der Waals surface area contributed by atoms with E-state index in [0.717, 1.165) is 4.90 Å². The number of amides is 2. The second-order valence-electron chi connectivity index (χ2n) is 7.36. The van der Waals surface area contributed by atoms with E-state index >= 15 is 0 Å². The van der Waals surface area contributed by atoms with E-state index in [9.17, 15) is 32.7 Å². The number of carbonyl (C=O) groups is 3. The average molecular weight is 612 g/mol. The van der Waals surface area contributed by atoms with Crippen molar-refractivity contribution in [1.82, 2.24) is 29.8 Å². The number of nitrogens with zero attached hydrogens (tertiary/aromatic N) is 6. The highest BCUT2D eigenvalue weighted by molar-refractivity contribution is 8.01. The number of rotatable bonds is 10. The molecule has 204 valence electrons. The summed E-state index contributed by atoms with van der Waals surface area (Å²) in [5, 5.41) is 23.0. The van der Waals surface area contributed by atoms with Gasteiger partial charge in [0.2, 0.25) is 18.1 Å². The topological polar surface area (TPSA) is 212 Å². The minimum absolute atomic E-state index is 0.0838. The predicted molar refractivity (Wildman–Crippen MR) is 131 cm³/mol. The fourth-order valence-electron chi connectivity index (χ4n) is 3.22. The molecule has 0 saturated carbocycles. The molecule has 4 rings (SSSR count). The summed E-state index contributed by atoms with van der Waals surface area (Å²) in [4.78, 5) is 46.8. The number of carbonyl (C=O) groups excluding carboxylic acids is 2. The molecule has 4 heterocycles. The van der Waals surface area contributed by atoms with Crippen LogP contribution in [0.4, 0.5) is 18.3 Å². The summed E-state index contributed by atoms with van der Waals surface area (Å²) in [7, 11) is 0. The summed E-state index contributed by atoms with van der Waals surface area (Å²) < 4.78 is 41.7. The second kappa shape index (κ2) is 11.4. The van der Waals surface area contributed by atoms with Crippen molar-refractivity contribution in [2.45, 2.75) is 28.5 Å². The Balaban J connectivity index is 1.48. The van der Waals surface area contributed by atoms with E-state index in [0.29, 0.717) is 26.5 Å². The predicted octanol–water partition coefficient (Wildman–Crippen LogP) is 0.244. The van der Waals surface area contributed by atoms with E-state index in [1.54, 1.807) is 0 Å². The van der Waals surface area contributed by atoms with Gasteiger partial charge in [0.25, 0.3) is 11.8 Å². The standard InChI is InChI=1S/C17H16F3N9O5S4/c18-17(19,20)4-34-27-7(10-24-15(22)38-28-10)11(30)23-8-12(31)29-9(14(32)33)5(2-35-13(8)29)3-36-16-26-25-6(1-21)37-16/h8,13H,1-4,21H2,(H,23,30)(H,32,33)(H2,22,24,28)/t8?,13-/m0/s1. The van der Waals surface area contributed by atoms with Crippen molar-refractivity contribution < 1.29 is 37.5 Å². The maximum Gasteiger partial charge on any atom is 0.425 e. The maximum atomic E-state index is 12.9. The van der Waals surface area contributed by atoms with Gasteiger partial charge in [-0.1, -0.05) is 28.3 Å². The molecule has 1 saturated heterocycles. The number of hydrogen-bond acceptors (Lipinski definition) is 15. The maximum absolute atomic E-state index is 12.9. The lowest BCUT2D eigenvalue weighted by molar-refractivity contribution is -0.174. The summed E-state index contributed by atoms with van der Waals surface area (Å²) in [6.07, 6.45) is -4.72. The van der Waals surface area contributed by atoms with Crippen molar-refractivity contribution in [3.63, 3.8) is 0 Å². The number of carboxylic acid groups (broad SMARTS) is 1. The number of alkyl halides is 3. The van der Waals surface area contributed by atoms with E-state index in [1.807, 2.05) is 0 Å². The molecular weight excluding hydrogens is 596 g/mol. The number of aromatic nitrogens is 4. The summed E-state index contributed by atoms with van der Waals surface area (Å²) in [5.74, 6) is -3.08. The SMILES string of the molecule is NCc1nnc(SCC2=C(C(=O)O)N3C(=O)C(NC(=O)C(=NOCC(F)(F)F)c4nsc(N)n4)[C@@H]3SC2)s1. The Morgan fingerprint density at radius 2 is 2.11 bits per heavy atom. The normalized spacial score (nSPS) is 19.7. The molecule has 2 aliphatic heterocycles. The average Bonchev–Trinajstić information content (AvgIpc) is 3.51. The fourth-order valence-corrected chi connectivity index (χ4v) is 6.91. The number of nitrogen functional groups attached to an aromatic ring is 1. The van der Waals surface area contributed by atoms with Crippen molar-refractivity contribution in [2.75, 3.05) is 23.8 Å². The zero-order valence-corrected chi connectivity index (χ0v) is 21.9. The number of nitrogens with two attached hydrogens (primary N) is 2. The summed E-state index contributed by atoms with van der Waals surface area (Å²) in [5.41, 5.74) is 10.5. The van der Waals surface area contributed by atoms with Gasteiger partial charge in [-0.05, 0) is 5.57 Å². The van der Waals surface area contributed by atoms with Gasteiger partial charge >= 0.3 is 12.1 Å². The van der Waals surface area contributed by atoms with E-state index in [1.165, 1.54) is 34.9 Å². The summed E-state index contributed by atoms with van der Waals surface area (Å²) in [6, 6.07) is -1.19. The molecular formula is C17H16F3N9O5S4. The highest BCUT2D eigenvalue weighted by atomic mass is 32.2. The van der Waals surface area contributed by atoms with Gasteiger partial charge in [-0.25, -0.2) is 4.79 Å². The second-order valence-corrected chi connectivity index (χ2v) is 11.5. The fraction of sp³-hybridized carbons (Fsp3) is 0.412. The van der Waals surface area contributed by atoms with Crippen LogP contribution in [-0.2, 0) is 25.8 Å². The van der Waals surface area contributed by atoms with Gasteiger partial charge in [-0.15, -0.1) is 22.0 Å². The van der Waals surface area contributed by atoms with Crippen LogP contribution >= 0.6 is 46.4 Å². The minimum Gasteiger partial charge on any atom is -0.477 e. The molecule has 14 nitrogen and oxygen atoms in total. The Hall–Kier alpha value is -3.01. The number of fused-ring (bicyclic) bond motifs is 1. The quantitative estimate of drug-likeness (QED) is 0.123.